The van der Waals surface area contributed by atoms with Crippen LogP contribution in [0.4, 0.5) is 37.7 Å². The van der Waals surface area contributed by atoms with Gasteiger partial charge in [-0.3, -0.25) is 4.79 Å². The van der Waals surface area contributed by atoms with Crippen LogP contribution >= 0.6 is 0 Å². The van der Waals surface area contributed by atoms with E-state index < -0.39 is 46.6 Å². The molecule has 6 nitrogen and oxygen atoms in total. The molecule has 0 aromatic heterocycles. The Bertz CT molecular complexity index is 1120. The van der Waals surface area contributed by atoms with Gasteiger partial charge in [0.2, 0.25) is 0 Å². The van der Waals surface area contributed by atoms with E-state index in [4.69, 9.17) is 4.74 Å². The van der Waals surface area contributed by atoms with E-state index in [9.17, 15) is 41.2 Å². The molecule has 0 spiro atoms. The third-order valence-corrected chi connectivity index (χ3v) is 4.46. The maximum atomic E-state index is 13.0. The minimum Gasteiger partial charge on any atom is -0.462 e. The summed E-state index contributed by atoms with van der Waals surface area (Å²) < 4.78 is 83.1. The highest BCUT2D eigenvalue weighted by molar-refractivity contribution is 6.09. The van der Waals surface area contributed by atoms with Gasteiger partial charge in [-0.15, -0.1) is 0 Å². The molecule has 0 unspecified atom stereocenters. The number of rotatable bonds is 8. The number of benzene rings is 2. The lowest BCUT2D eigenvalue weighted by atomic mass is 10.1. The lowest BCUT2D eigenvalue weighted by Gasteiger charge is -2.14. The quantitative estimate of drug-likeness (QED) is 0.150. The zero-order valence-electron chi connectivity index (χ0n) is 18.2. The van der Waals surface area contributed by atoms with Gasteiger partial charge in [0.1, 0.15) is 11.6 Å². The molecule has 35 heavy (non-hydrogen) atoms. The number of hydrogen-bond donors (Lipinski definition) is 2. The van der Waals surface area contributed by atoms with Gasteiger partial charge in [0.15, 0.2) is 0 Å². The second kappa shape index (κ2) is 11.4. The Morgan fingerprint density at radius 2 is 1.63 bits per heavy atom. The van der Waals surface area contributed by atoms with Crippen molar-refractivity contribution in [3.63, 3.8) is 0 Å². The number of esters is 1. The van der Waals surface area contributed by atoms with Crippen LogP contribution in [0.2, 0.25) is 0 Å². The summed E-state index contributed by atoms with van der Waals surface area (Å²) in [6.45, 7) is 2.05. The van der Waals surface area contributed by atoms with Crippen LogP contribution in [0.5, 0.6) is 0 Å². The van der Waals surface area contributed by atoms with Crippen LogP contribution in [-0.2, 0) is 21.9 Å². The molecule has 1 amide bonds. The number of alkyl halides is 6. The number of amides is 1. The number of halogens is 6. The van der Waals surface area contributed by atoms with Crippen LogP contribution in [-0.4, -0.2) is 18.5 Å². The summed E-state index contributed by atoms with van der Waals surface area (Å²) in [6.07, 6.45) is -8.06. The molecular formula is C23H19F6N3O3. The van der Waals surface area contributed by atoms with E-state index >= 15 is 0 Å². The molecule has 0 aliphatic heterocycles. The van der Waals surface area contributed by atoms with E-state index in [2.05, 4.69) is 10.6 Å². The number of nitrogens with zero attached hydrogens (tertiary/aromatic N) is 1. The van der Waals surface area contributed by atoms with Crippen molar-refractivity contribution in [3.05, 3.63) is 70.9 Å². The number of nitrogens with one attached hydrogen (secondary N) is 2. The number of carbonyl (C=O) groups excluding carboxylic acids is 2. The maximum absolute atomic E-state index is 13.0. The first kappa shape index (κ1) is 27.2. The van der Waals surface area contributed by atoms with E-state index in [1.165, 1.54) is 30.3 Å². The highest BCUT2D eigenvalue weighted by atomic mass is 19.4. The fourth-order valence-electron chi connectivity index (χ4n) is 2.69. The van der Waals surface area contributed by atoms with Crippen LogP contribution in [0.25, 0.3) is 0 Å². The summed E-state index contributed by atoms with van der Waals surface area (Å²) in [5, 5.41) is 13.7. The molecule has 0 radical (unpaired) electrons. The lowest BCUT2D eigenvalue weighted by molar-refractivity contribution is -0.143. The van der Waals surface area contributed by atoms with Crippen molar-refractivity contribution in [2.75, 3.05) is 17.2 Å². The molecule has 0 saturated carbocycles. The number of ether oxygens (including phenoxy) is 1. The molecule has 0 bridgehead atoms. The minimum absolute atomic E-state index is 0.00132. The van der Waals surface area contributed by atoms with Gasteiger partial charge >= 0.3 is 18.3 Å². The second-order valence-electron chi connectivity index (χ2n) is 7.10. The van der Waals surface area contributed by atoms with Crippen molar-refractivity contribution in [2.45, 2.75) is 32.1 Å². The zero-order chi connectivity index (χ0) is 26.2. The molecule has 0 aliphatic carbocycles. The van der Waals surface area contributed by atoms with Gasteiger partial charge < -0.3 is 15.4 Å². The Morgan fingerprint density at radius 3 is 2.17 bits per heavy atom. The van der Waals surface area contributed by atoms with Gasteiger partial charge in [-0.05, 0) is 36.8 Å². The molecule has 0 fully saturated rings. The van der Waals surface area contributed by atoms with E-state index in [0.717, 1.165) is 6.42 Å². The SMILES string of the molecule is CCCCOC(=O)c1ccccc1NC(=O)/C(C#N)=C\Nc1cc(C(F)(F)F)cc(C(F)(F)F)c1. The van der Waals surface area contributed by atoms with Gasteiger partial charge in [-0.2, -0.15) is 31.6 Å². The zero-order valence-corrected chi connectivity index (χ0v) is 18.2. The van der Waals surface area contributed by atoms with Crippen molar-refractivity contribution in [2.24, 2.45) is 0 Å². The first-order chi connectivity index (χ1) is 16.4. The fraction of sp³-hybridized carbons (Fsp3) is 0.261. The van der Waals surface area contributed by atoms with Crippen molar-refractivity contribution >= 4 is 23.3 Å². The number of hydrogen-bond acceptors (Lipinski definition) is 5. The van der Waals surface area contributed by atoms with E-state index in [-0.39, 0.29) is 23.9 Å². The highest BCUT2D eigenvalue weighted by Gasteiger charge is 2.36. The fourth-order valence-corrected chi connectivity index (χ4v) is 2.69. The molecule has 2 N–H and O–H groups in total. The molecule has 0 heterocycles. The smallest absolute Gasteiger partial charge is 0.416 e. The molecular weight excluding hydrogens is 480 g/mol. The lowest BCUT2D eigenvalue weighted by Crippen LogP contribution is -2.18. The number of unbranched alkanes of at least 4 members (excludes halogenated alkanes) is 1. The Hall–Kier alpha value is -4.01. The minimum atomic E-state index is -5.06. The predicted octanol–water partition coefficient (Wildman–Crippen LogP) is 6.14. The van der Waals surface area contributed by atoms with Crippen LogP contribution in [0.3, 0.4) is 0 Å². The Kier molecular flexibility index (Phi) is 8.88. The van der Waals surface area contributed by atoms with Crippen LogP contribution in [0.1, 0.15) is 41.3 Å². The molecule has 12 heteroatoms. The van der Waals surface area contributed by atoms with E-state index in [0.29, 0.717) is 24.8 Å². The van der Waals surface area contributed by atoms with Crippen LogP contribution < -0.4 is 10.6 Å². The van der Waals surface area contributed by atoms with Crippen molar-refractivity contribution < 1.29 is 40.7 Å². The van der Waals surface area contributed by atoms with Gasteiger partial charge in [0, 0.05) is 11.9 Å². The van der Waals surface area contributed by atoms with Crippen LogP contribution in [0.15, 0.2) is 54.2 Å². The normalized spacial score (nSPS) is 12.0. The number of nitriles is 1. The molecule has 0 atom stereocenters. The summed E-state index contributed by atoms with van der Waals surface area (Å²) in [5.41, 5.74) is -4.46. The molecule has 2 rings (SSSR count). The highest BCUT2D eigenvalue weighted by Crippen LogP contribution is 2.37. The van der Waals surface area contributed by atoms with Crippen LogP contribution in [0, 0.1) is 11.3 Å². The molecule has 0 saturated heterocycles. The Morgan fingerprint density at radius 1 is 1.03 bits per heavy atom. The van der Waals surface area contributed by atoms with Gasteiger partial charge in [0.05, 0.1) is 29.0 Å². The molecule has 2 aromatic rings. The third kappa shape index (κ3) is 7.77. The molecule has 0 aliphatic rings. The Balaban J connectivity index is 2.27. The van der Waals surface area contributed by atoms with Gasteiger partial charge in [-0.1, -0.05) is 25.5 Å². The first-order valence-electron chi connectivity index (χ1n) is 10.1. The van der Waals surface area contributed by atoms with Crippen molar-refractivity contribution in [3.8, 4) is 6.07 Å². The largest absolute Gasteiger partial charge is 0.462 e. The monoisotopic (exact) mass is 499 g/mol. The Labute approximate surface area is 196 Å². The average Bonchev–Trinajstić information content (AvgIpc) is 2.78. The average molecular weight is 499 g/mol. The number of carbonyl (C=O) groups is 2. The molecule has 186 valence electrons. The summed E-state index contributed by atoms with van der Waals surface area (Å²) in [6, 6.07) is 8.00. The molecule has 2 aromatic carbocycles. The predicted molar refractivity (Wildman–Crippen MR) is 114 cm³/mol. The van der Waals surface area contributed by atoms with Gasteiger partial charge in [-0.25, -0.2) is 4.79 Å². The summed E-state index contributed by atoms with van der Waals surface area (Å²) in [7, 11) is 0. The standard InChI is InChI=1S/C23H19F6N3O3/c1-2-3-8-35-21(34)18-6-4-5-7-19(18)32-20(33)14(12-30)13-31-17-10-15(22(24,25)26)9-16(11-17)23(27,28)29/h4-7,9-11,13,31H,2-3,8H2,1H3,(H,32,33)/b14-13-. The van der Waals surface area contributed by atoms with Crippen molar-refractivity contribution in [1.29, 1.82) is 5.26 Å². The maximum Gasteiger partial charge on any atom is 0.416 e. The summed E-state index contributed by atoms with van der Waals surface area (Å²) in [4.78, 5) is 24.7. The third-order valence-electron chi connectivity index (χ3n) is 4.46. The van der Waals surface area contributed by atoms with Crippen molar-refractivity contribution in [1.82, 2.24) is 0 Å². The van der Waals surface area contributed by atoms with E-state index in [1.54, 1.807) is 0 Å². The van der Waals surface area contributed by atoms with Gasteiger partial charge in [0.25, 0.3) is 5.91 Å². The van der Waals surface area contributed by atoms with E-state index in [1.807, 2.05) is 6.92 Å². The second-order valence-corrected chi connectivity index (χ2v) is 7.10. The first-order valence-corrected chi connectivity index (χ1v) is 10.1. The number of para-hydroxylation sites is 1. The summed E-state index contributed by atoms with van der Waals surface area (Å²) >= 11 is 0. The number of anilines is 2. The summed E-state index contributed by atoms with van der Waals surface area (Å²) in [5.74, 6) is -1.78. The topological polar surface area (TPSA) is 91.2 Å².